The van der Waals surface area contributed by atoms with Crippen molar-refractivity contribution in [3.63, 3.8) is 0 Å². The van der Waals surface area contributed by atoms with Gasteiger partial charge >= 0.3 is 6.03 Å². The summed E-state index contributed by atoms with van der Waals surface area (Å²) in [7, 11) is -3.67. The Balaban J connectivity index is 1.95. The topological polar surface area (TPSA) is 142 Å². The molecule has 1 saturated heterocycles. The summed E-state index contributed by atoms with van der Waals surface area (Å²) < 4.78 is 21.4. The molecule has 2 aliphatic heterocycles. The number of sulfonamides is 1. The molecule has 1 fully saturated rings. The van der Waals surface area contributed by atoms with Crippen LogP contribution in [-0.2, 0) is 19.7 Å². The highest BCUT2D eigenvalue weighted by atomic mass is 32.2. The molecule has 10 nitrogen and oxygen atoms in total. The zero-order valence-electron chi connectivity index (χ0n) is 11.2. The second kappa shape index (κ2) is 5.60. The van der Waals surface area contributed by atoms with Crippen LogP contribution in [0.2, 0.25) is 0 Å². The van der Waals surface area contributed by atoms with Crippen molar-refractivity contribution in [1.82, 2.24) is 15.4 Å². The van der Waals surface area contributed by atoms with Crippen LogP contribution in [0.1, 0.15) is 6.92 Å². The fourth-order valence-electron chi connectivity index (χ4n) is 2.29. The number of carbonyl (C=O) groups excluding carboxylic acids is 2. The zero-order chi connectivity index (χ0) is 15.8. The van der Waals surface area contributed by atoms with Crippen LogP contribution in [-0.4, -0.2) is 66.5 Å². The van der Waals surface area contributed by atoms with Crippen molar-refractivity contribution >= 4 is 22.0 Å². The van der Waals surface area contributed by atoms with Gasteiger partial charge in [0.05, 0.1) is 24.9 Å². The maximum absolute atomic E-state index is 12.0. The Morgan fingerprint density at radius 3 is 2.90 bits per heavy atom. The molecule has 2 aliphatic rings. The van der Waals surface area contributed by atoms with Gasteiger partial charge in [-0.1, -0.05) is 6.08 Å². The highest BCUT2D eigenvalue weighted by Gasteiger charge is 2.46. The average molecular weight is 320 g/mol. The highest BCUT2D eigenvalue weighted by molar-refractivity contribution is 7.89. The van der Waals surface area contributed by atoms with E-state index in [4.69, 9.17) is 9.98 Å². The Morgan fingerprint density at radius 2 is 2.29 bits per heavy atom. The zero-order valence-corrected chi connectivity index (χ0v) is 12.0. The molecule has 0 aromatic carbocycles. The van der Waals surface area contributed by atoms with Gasteiger partial charge in [-0.05, 0) is 12.5 Å². The van der Waals surface area contributed by atoms with Gasteiger partial charge < -0.3 is 4.90 Å². The van der Waals surface area contributed by atoms with Crippen molar-refractivity contribution in [2.75, 3.05) is 18.9 Å². The minimum Gasteiger partial charge on any atom is -0.304 e. The first-order valence-electron chi connectivity index (χ1n) is 6.10. The molecule has 2 bridgehead atoms. The Bertz CT molecular complexity index is 588. The molecular weight excluding hydrogens is 304 g/mol. The maximum Gasteiger partial charge on any atom is 0.345 e. The van der Waals surface area contributed by atoms with Gasteiger partial charge in [-0.15, -0.1) is 0 Å². The minimum absolute atomic E-state index is 0.196. The normalized spacial score (nSPS) is 25.1. The SMILES string of the molecule is CC1=C[C@@H]2CN(C(=O)N2O)[C@@H]1C(=O)NOCCS(N)(=O)=O. The molecule has 3 amide bonds. The van der Waals surface area contributed by atoms with Crippen molar-refractivity contribution in [3.8, 4) is 0 Å². The van der Waals surface area contributed by atoms with Gasteiger partial charge in [0.25, 0.3) is 5.91 Å². The summed E-state index contributed by atoms with van der Waals surface area (Å²) >= 11 is 0. The molecule has 0 spiro atoms. The average Bonchev–Trinajstić information content (AvgIpc) is 2.59. The molecule has 2 heterocycles. The lowest BCUT2D eigenvalue weighted by atomic mass is 10.0. The number of primary sulfonamides is 1. The molecular formula is C10H16N4O6S. The van der Waals surface area contributed by atoms with Gasteiger partial charge in [-0.2, -0.15) is 5.06 Å². The van der Waals surface area contributed by atoms with E-state index in [1.165, 1.54) is 4.90 Å². The van der Waals surface area contributed by atoms with E-state index in [1.54, 1.807) is 13.0 Å². The van der Waals surface area contributed by atoms with Crippen molar-refractivity contribution in [2.45, 2.75) is 19.0 Å². The molecule has 0 aromatic rings. The third-order valence-electron chi connectivity index (χ3n) is 3.23. The maximum atomic E-state index is 12.0. The van der Waals surface area contributed by atoms with Crippen LogP contribution in [0.25, 0.3) is 0 Å². The molecule has 2 atom stereocenters. The Morgan fingerprint density at radius 1 is 1.62 bits per heavy atom. The third-order valence-corrected chi connectivity index (χ3v) is 3.96. The van der Waals surface area contributed by atoms with Crippen molar-refractivity contribution < 1.29 is 28.1 Å². The lowest BCUT2D eigenvalue weighted by molar-refractivity contribution is -0.136. The van der Waals surface area contributed by atoms with E-state index in [9.17, 15) is 23.2 Å². The van der Waals surface area contributed by atoms with Crippen LogP contribution in [0, 0.1) is 0 Å². The van der Waals surface area contributed by atoms with Gasteiger partial charge in [0, 0.05) is 0 Å². The van der Waals surface area contributed by atoms with Crippen molar-refractivity contribution in [3.05, 3.63) is 11.6 Å². The molecule has 0 aromatic heterocycles. The van der Waals surface area contributed by atoms with E-state index in [0.29, 0.717) is 10.6 Å². The number of hydroxylamine groups is 3. The van der Waals surface area contributed by atoms with E-state index in [0.717, 1.165) is 0 Å². The standard InChI is InChI=1S/C10H16N4O6S/c1-6-4-7-5-13(10(16)14(7)17)8(6)9(15)12-20-2-3-21(11,18)19/h4,7-8,17H,2-3,5H2,1H3,(H,12,15)(H2,11,18,19)/t7-,8+/m1/s1. The summed E-state index contributed by atoms with van der Waals surface area (Å²) in [4.78, 5) is 29.7. The number of hydrogen-bond donors (Lipinski definition) is 3. The summed E-state index contributed by atoms with van der Waals surface area (Å²) in [5.41, 5.74) is 2.67. The molecule has 0 saturated carbocycles. The third kappa shape index (κ3) is 3.32. The van der Waals surface area contributed by atoms with Crippen LogP contribution in [0.4, 0.5) is 4.79 Å². The minimum atomic E-state index is -3.67. The molecule has 118 valence electrons. The number of rotatable bonds is 5. The van der Waals surface area contributed by atoms with Gasteiger partial charge in [0.1, 0.15) is 6.04 Å². The number of hydrogen-bond acceptors (Lipinski definition) is 6. The van der Waals surface area contributed by atoms with Crippen molar-refractivity contribution in [2.24, 2.45) is 5.14 Å². The summed E-state index contributed by atoms with van der Waals surface area (Å²) in [5, 5.41) is 14.9. The largest absolute Gasteiger partial charge is 0.345 e. The second-order valence-electron chi connectivity index (χ2n) is 4.84. The quantitative estimate of drug-likeness (QED) is 0.235. The summed E-state index contributed by atoms with van der Waals surface area (Å²) in [6, 6.07) is -2.04. The second-order valence-corrected chi connectivity index (χ2v) is 6.58. The number of amides is 3. The van der Waals surface area contributed by atoms with E-state index in [2.05, 4.69) is 5.48 Å². The molecule has 11 heteroatoms. The first-order chi connectivity index (χ1) is 9.70. The predicted molar refractivity (Wildman–Crippen MR) is 69.1 cm³/mol. The van der Waals surface area contributed by atoms with Crippen LogP contribution in [0.5, 0.6) is 0 Å². The Labute approximate surface area is 121 Å². The number of urea groups is 1. The predicted octanol–water partition coefficient (Wildman–Crippen LogP) is -1.85. The molecule has 4 N–H and O–H groups in total. The molecule has 0 unspecified atom stereocenters. The van der Waals surface area contributed by atoms with E-state index >= 15 is 0 Å². The fraction of sp³-hybridized carbons (Fsp3) is 0.600. The summed E-state index contributed by atoms with van der Waals surface area (Å²) in [6.07, 6.45) is 1.62. The van der Waals surface area contributed by atoms with Gasteiger partial charge in [-0.25, -0.2) is 23.8 Å². The Hall–Kier alpha value is -1.69. The molecule has 2 rings (SSSR count). The van der Waals surface area contributed by atoms with Crippen LogP contribution in [0.15, 0.2) is 11.6 Å². The summed E-state index contributed by atoms with van der Waals surface area (Å²) in [6.45, 7) is 1.55. The Kier molecular flexibility index (Phi) is 4.18. The number of carbonyl (C=O) groups is 2. The van der Waals surface area contributed by atoms with E-state index < -0.39 is 39.8 Å². The smallest absolute Gasteiger partial charge is 0.304 e. The van der Waals surface area contributed by atoms with Gasteiger partial charge in [0.15, 0.2) is 0 Å². The van der Waals surface area contributed by atoms with Crippen LogP contribution < -0.4 is 10.6 Å². The number of nitrogens with two attached hydrogens (primary N) is 1. The van der Waals surface area contributed by atoms with E-state index in [-0.39, 0.29) is 13.2 Å². The lowest BCUT2D eigenvalue weighted by Gasteiger charge is -2.28. The fourth-order valence-corrected chi connectivity index (χ4v) is 2.61. The highest BCUT2D eigenvalue weighted by Crippen LogP contribution is 2.27. The molecule has 0 radical (unpaired) electrons. The van der Waals surface area contributed by atoms with Gasteiger partial charge in [0.2, 0.25) is 10.0 Å². The first kappa shape index (κ1) is 15.7. The van der Waals surface area contributed by atoms with Crippen LogP contribution in [0.3, 0.4) is 0 Å². The molecule has 21 heavy (non-hydrogen) atoms. The lowest BCUT2D eigenvalue weighted by Crippen LogP contribution is -2.50. The number of nitrogens with one attached hydrogen (secondary N) is 1. The first-order valence-corrected chi connectivity index (χ1v) is 7.81. The number of nitrogens with zero attached hydrogens (tertiary/aromatic N) is 2. The summed E-state index contributed by atoms with van der Waals surface area (Å²) in [5.74, 6) is -1.07. The monoisotopic (exact) mass is 320 g/mol. The van der Waals surface area contributed by atoms with E-state index in [1.807, 2.05) is 0 Å². The van der Waals surface area contributed by atoms with Gasteiger partial charge in [-0.3, -0.25) is 14.8 Å². The molecule has 0 aliphatic carbocycles. The van der Waals surface area contributed by atoms with Crippen molar-refractivity contribution in [1.29, 1.82) is 0 Å². The number of fused-ring (bicyclic) bond motifs is 2. The van der Waals surface area contributed by atoms with Crippen LogP contribution >= 0.6 is 0 Å².